The number of carbonyl (C=O) groups is 3. The number of anilines is 2. The highest BCUT2D eigenvalue weighted by Gasteiger charge is 2.21. The van der Waals surface area contributed by atoms with Crippen LogP contribution in [0.4, 0.5) is 11.5 Å². The zero-order valence-corrected chi connectivity index (χ0v) is 23.4. The van der Waals surface area contributed by atoms with E-state index in [0.717, 1.165) is 17.0 Å². The molecule has 2 aromatic heterocycles. The van der Waals surface area contributed by atoms with Crippen LogP contribution >= 0.6 is 12.4 Å². The van der Waals surface area contributed by atoms with Crippen LogP contribution in [0.5, 0.6) is 0 Å². The van der Waals surface area contributed by atoms with Gasteiger partial charge in [0.1, 0.15) is 11.6 Å². The number of imidazole rings is 1. The fourth-order valence-corrected chi connectivity index (χ4v) is 4.09. The summed E-state index contributed by atoms with van der Waals surface area (Å²) in [6, 6.07) is 17.7. The molecular weight excluding hydrogens is 534 g/mol. The zero-order chi connectivity index (χ0) is 27.8. The van der Waals surface area contributed by atoms with Gasteiger partial charge in [-0.1, -0.05) is 6.07 Å². The molecule has 0 fully saturated rings. The third-order valence-electron chi connectivity index (χ3n) is 6.08. The number of hydrogen-bond donors (Lipinski definition) is 1. The van der Waals surface area contributed by atoms with Gasteiger partial charge >= 0.3 is 11.9 Å². The third-order valence-corrected chi connectivity index (χ3v) is 6.08. The fourth-order valence-electron chi connectivity index (χ4n) is 4.09. The second-order valence-corrected chi connectivity index (χ2v) is 8.64. The van der Waals surface area contributed by atoms with E-state index in [0.29, 0.717) is 35.6 Å². The summed E-state index contributed by atoms with van der Waals surface area (Å²) in [4.78, 5) is 47.9. The van der Waals surface area contributed by atoms with Crippen molar-refractivity contribution in [2.75, 3.05) is 30.0 Å². The molecule has 10 nitrogen and oxygen atoms in total. The molecule has 0 aliphatic rings. The summed E-state index contributed by atoms with van der Waals surface area (Å²) in [6.45, 7) is 4.70. The van der Waals surface area contributed by atoms with E-state index in [1.165, 1.54) is 4.90 Å². The van der Waals surface area contributed by atoms with Crippen molar-refractivity contribution in [2.24, 2.45) is 7.05 Å². The van der Waals surface area contributed by atoms with Gasteiger partial charge in [-0.3, -0.25) is 14.5 Å². The van der Waals surface area contributed by atoms with Crippen LogP contribution in [0.3, 0.4) is 0 Å². The molecule has 4 aromatic rings. The number of nitrogens with one attached hydrogen (secondary N) is 1. The molecule has 2 aromatic carbocycles. The Kier molecular flexibility index (Phi) is 10.6. The molecule has 0 unspecified atom stereocenters. The molecular formula is C29H32ClN5O5. The molecule has 40 heavy (non-hydrogen) atoms. The van der Waals surface area contributed by atoms with Crippen LogP contribution in [-0.2, 0) is 27.9 Å². The average molecular weight is 566 g/mol. The summed E-state index contributed by atoms with van der Waals surface area (Å²) in [5, 5.41) is 3.31. The lowest BCUT2D eigenvalue weighted by molar-refractivity contribution is -0.142. The topological polar surface area (TPSA) is 116 Å². The number of rotatable bonds is 11. The number of aromatic nitrogens is 3. The lowest BCUT2D eigenvalue weighted by Gasteiger charge is -2.21. The van der Waals surface area contributed by atoms with Gasteiger partial charge in [0.25, 0.3) is 5.91 Å². The van der Waals surface area contributed by atoms with Gasteiger partial charge in [0.05, 0.1) is 42.8 Å². The zero-order valence-electron chi connectivity index (χ0n) is 22.6. The van der Waals surface area contributed by atoms with Gasteiger partial charge in [0, 0.05) is 31.0 Å². The Labute approximate surface area is 238 Å². The molecule has 210 valence electrons. The summed E-state index contributed by atoms with van der Waals surface area (Å²) in [5.74, 6) is 0.206. The Morgan fingerprint density at radius 2 is 1.68 bits per heavy atom. The monoisotopic (exact) mass is 565 g/mol. The number of fused-ring (bicyclic) bond motifs is 1. The molecule has 4 rings (SSSR count). The van der Waals surface area contributed by atoms with E-state index in [-0.39, 0.29) is 49.8 Å². The highest BCUT2D eigenvalue weighted by Crippen LogP contribution is 2.21. The van der Waals surface area contributed by atoms with Crippen LogP contribution in [-0.4, -0.2) is 52.1 Å². The van der Waals surface area contributed by atoms with Crippen molar-refractivity contribution >= 4 is 52.8 Å². The van der Waals surface area contributed by atoms with Crippen LogP contribution in [0.15, 0.2) is 66.9 Å². The van der Waals surface area contributed by atoms with Gasteiger partial charge in [0.2, 0.25) is 0 Å². The average Bonchev–Trinajstić information content (AvgIpc) is 3.27. The maximum Gasteiger partial charge on any atom is 0.338 e. The predicted octanol–water partition coefficient (Wildman–Crippen LogP) is 4.78. The van der Waals surface area contributed by atoms with Crippen molar-refractivity contribution in [3.05, 3.63) is 83.8 Å². The quantitative estimate of drug-likeness (QED) is 0.258. The molecule has 0 saturated carbocycles. The van der Waals surface area contributed by atoms with Crippen LogP contribution in [0.25, 0.3) is 11.0 Å². The Morgan fingerprint density at radius 3 is 2.35 bits per heavy atom. The molecule has 2 heterocycles. The molecule has 0 saturated heterocycles. The second-order valence-electron chi connectivity index (χ2n) is 8.64. The number of hydrogen-bond acceptors (Lipinski definition) is 8. The lowest BCUT2D eigenvalue weighted by Crippen LogP contribution is -2.34. The maximum absolute atomic E-state index is 13.5. The van der Waals surface area contributed by atoms with Crippen molar-refractivity contribution in [3.63, 3.8) is 0 Å². The smallest absolute Gasteiger partial charge is 0.338 e. The number of ether oxygens (including phenoxy) is 2. The first kappa shape index (κ1) is 30.1. The molecule has 1 amide bonds. The first-order valence-electron chi connectivity index (χ1n) is 12.8. The van der Waals surface area contributed by atoms with Gasteiger partial charge in [-0.25, -0.2) is 14.8 Å². The van der Waals surface area contributed by atoms with E-state index in [1.807, 2.05) is 29.8 Å². The van der Waals surface area contributed by atoms with Crippen LogP contribution < -0.4 is 10.2 Å². The van der Waals surface area contributed by atoms with Gasteiger partial charge in [-0.2, -0.15) is 0 Å². The molecule has 0 radical (unpaired) electrons. The number of aryl methyl sites for hydroxylation is 1. The summed E-state index contributed by atoms with van der Waals surface area (Å²) in [6.07, 6.45) is 1.66. The van der Waals surface area contributed by atoms with E-state index in [2.05, 4.69) is 10.3 Å². The minimum Gasteiger partial charge on any atom is -0.466 e. The number of amides is 1. The molecule has 0 aliphatic heterocycles. The molecule has 0 spiro atoms. The normalized spacial score (nSPS) is 10.5. The molecule has 0 aliphatic carbocycles. The highest BCUT2D eigenvalue weighted by molar-refractivity contribution is 6.07. The summed E-state index contributed by atoms with van der Waals surface area (Å²) >= 11 is 0. The number of halogens is 1. The van der Waals surface area contributed by atoms with Crippen molar-refractivity contribution in [2.45, 2.75) is 26.8 Å². The first-order chi connectivity index (χ1) is 18.9. The standard InChI is InChI=1S/C29H31N5O5.ClH/c1-4-38-27(35)15-17-34(25-8-6-7-16-30-25)28(36)21-11-14-24-23(18-21)32-26(33(24)3)19-31-22-12-9-20(10-13-22)29(37)39-5-2;/h6-14,16,18,31H,4-5,15,17,19H2,1-3H3;1H. The fraction of sp³-hybridized carbons (Fsp3) is 0.276. The van der Waals surface area contributed by atoms with Gasteiger partial charge < -0.3 is 19.4 Å². The Bertz CT molecular complexity index is 1460. The van der Waals surface area contributed by atoms with E-state index in [4.69, 9.17) is 14.5 Å². The van der Waals surface area contributed by atoms with E-state index in [9.17, 15) is 14.4 Å². The van der Waals surface area contributed by atoms with Crippen molar-refractivity contribution in [1.82, 2.24) is 14.5 Å². The second kappa shape index (κ2) is 14.1. The Morgan fingerprint density at radius 1 is 0.950 bits per heavy atom. The van der Waals surface area contributed by atoms with E-state index >= 15 is 0 Å². The summed E-state index contributed by atoms with van der Waals surface area (Å²) < 4.78 is 12.0. The number of pyridine rings is 1. The van der Waals surface area contributed by atoms with Crippen LogP contribution in [0.1, 0.15) is 46.8 Å². The number of carbonyl (C=O) groups excluding carboxylic acids is 3. The van der Waals surface area contributed by atoms with Crippen LogP contribution in [0, 0.1) is 0 Å². The number of esters is 2. The SMILES string of the molecule is CCOC(=O)CCN(C(=O)c1ccc2c(c1)nc(CNc1ccc(C(=O)OCC)cc1)n2C)c1ccccn1.Cl. The van der Waals surface area contributed by atoms with Crippen LogP contribution in [0.2, 0.25) is 0 Å². The first-order valence-corrected chi connectivity index (χ1v) is 12.8. The predicted molar refractivity (Wildman–Crippen MR) is 155 cm³/mol. The Balaban J connectivity index is 0.00000441. The van der Waals surface area contributed by atoms with Crippen molar-refractivity contribution in [3.8, 4) is 0 Å². The Hall–Kier alpha value is -4.44. The van der Waals surface area contributed by atoms with Gasteiger partial charge in [-0.15, -0.1) is 12.4 Å². The molecule has 0 bridgehead atoms. The number of benzene rings is 2. The summed E-state index contributed by atoms with van der Waals surface area (Å²) in [7, 11) is 1.91. The van der Waals surface area contributed by atoms with Gasteiger partial charge in [0.15, 0.2) is 0 Å². The van der Waals surface area contributed by atoms with Gasteiger partial charge in [-0.05, 0) is 68.4 Å². The van der Waals surface area contributed by atoms with E-state index < -0.39 is 0 Å². The minimum absolute atomic E-state index is 0. The summed E-state index contributed by atoms with van der Waals surface area (Å²) in [5.41, 5.74) is 3.30. The third kappa shape index (κ3) is 7.15. The van der Waals surface area contributed by atoms with Crippen molar-refractivity contribution in [1.29, 1.82) is 0 Å². The van der Waals surface area contributed by atoms with Crippen molar-refractivity contribution < 1.29 is 23.9 Å². The minimum atomic E-state index is -0.376. The largest absolute Gasteiger partial charge is 0.466 e. The van der Waals surface area contributed by atoms with E-state index in [1.54, 1.807) is 62.5 Å². The number of nitrogens with zero attached hydrogens (tertiary/aromatic N) is 4. The lowest BCUT2D eigenvalue weighted by atomic mass is 10.1. The molecule has 11 heteroatoms. The molecule has 0 atom stereocenters. The maximum atomic E-state index is 13.5. The molecule has 1 N–H and O–H groups in total. The highest BCUT2D eigenvalue weighted by atomic mass is 35.5.